The monoisotopic (exact) mass is 279 g/mol. The third-order valence-electron chi connectivity index (χ3n) is 2.93. The van der Waals surface area contributed by atoms with E-state index >= 15 is 0 Å². The van der Waals surface area contributed by atoms with Crippen LogP contribution < -0.4 is 5.32 Å². The summed E-state index contributed by atoms with van der Waals surface area (Å²) in [4.78, 5) is 4.32. The van der Waals surface area contributed by atoms with E-state index < -0.39 is 0 Å². The molecule has 0 bridgehead atoms. The lowest BCUT2D eigenvalue weighted by molar-refractivity contribution is 0.355. The van der Waals surface area contributed by atoms with Crippen LogP contribution in [0.4, 0.5) is 0 Å². The van der Waals surface area contributed by atoms with Gasteiger partial charge in [0.1, 0.15) is 0 Å². The summed E-state index contributed by atoms with van der Waals surface area (Å²) < 4.78 is 5.19. The van der Waals surface area contributed by atoms with E-state index in [-0.39, 0.29) is 12.0 Å². The van der Waals surface area contributed by atoms with Crippen LogP contribution in [-0.4, -0.2) is 10.1 Å². The fraction of sp³-hybridized carbons (Fsp3) is 0.429. The lowest BCUT2D eigenvalue weighted by Crippen LogP contribution is -2.18. The molecule has 0 spiro atoms. The Morgan fingerprint density at radius 3 is 2.63 bits per heavy atom. The first-order chi connectivity index (χ1) is 9.08. The van der Waals surface area contributed by atoms with Crippen LogP contribution in [0.15, 0.2) is 28.8 Å². The molecule has 0 saturated carbocycles. The number of rotatable bonds is 5. The summed E-state index contributed by atoms with van der Waals surface area (Å²) in [5.74, 6) is 1.61. The van der Waals surface area contributed by atoms with Gasteiger partial charge in [0.2, 0.25) is 5.89 Å². The normalized spacial score (nSPS) is 12.9. The molecule has 1 unspecified atom stereocenters. The van der Waals surface area contributed by atoms with Crippen molar-refractivity contribution in [1.82, 2.24) is 15.5 Å². The van der Waals surface area contributed by atoms with Crippen LogP contribution in [0.2, 0.25) is 5.02 Å². The smallest absolute Gasteiger partial charge is 0.240 e. The lowest BCUT2D eigenvalue weighted by atomic mass is 10.1. The molecule has 1 N–H and O–H groups in total. The molecule has 1 heterocycles. The van der Waals surface area contributed by atoms with Gasteiger partial charge in [0.05, 0.1) is 6.54 Å². The number of hydrogen-bond acceptors (Lipinski definition) is 4. The maximum Gasteiger partial charge on any atom is 0.240 e. The first kappa shape index (κ1) is 14.0. The summed E-state index contributed by atoms with van der Waals surface area (Å²) in [5.41, 5.74) is 1.06. The predicted molar refractivity (Wildman–Crippen MR) is 75.1 cm³/mol. The highest BCUT2D eigenvalue weighted by molar-refractivity contribution is 6.31. The minimum atomic E-state index is 0.128. The molecule has 0 fully saturated rings. The molecule has 102 valence electrons. The standard InChI is InChI=1S/C14H18ClN3O/c1-9(2)14-17-13(19-18-14)8-16-10(3)11-6-4-5-7-12(11)15/h4-7,9-10,16H,8H2,1-3H3. The summed E-state index contributed by atoms with van der Waals surface area (Å²) in [7, 11) is 0. The SMILES string of the molecule is CC(C)c1noc(CNC(C)c2ccccc2Cl)n1. The van der Waals surface area contributed by atoms with Crippen LogP contribution in [0.1, 0.15) is 50.0 Å². The topological polar surface area (TPSA) is 51.0 Å². The summed E-state index contributed by atoms with van der Waals surface area (Å²) in [6.45, 7) is 6.66. The lowest BCUT2D eigenvalue weighted by Gasteiger charge is -2.14. The number of nitrogens with zero attached hydrogens (tertiary/aromatic N) is 2. The number of nitrogens with one attached hydrogen (secondary N) is 1. The van der Waals surface area contributed by atoms with Crippen molar-refractivity contribution in [2.24, 2.45) is 0 Å². The van der Waals surface area contributed by atoms with Crippen LogP contribution in [0, 0.1) is 0 Å². The van der Waals surface area contributed by atoms with Crippen molar-refractivity contribution >= 4 is 11.6 Å². The van der Waals surface area contributed by atoms with E-state index in [2.05, 4.69) is 22.4 Å². The van der Waals surface area contributed by atoms with Crippen molar-refractivity contribution in [3.63, 3.8) is 0 Å². The second-order valence-electron chi connectivity index (χ2n) is 4.83. The van der Waals surface area contributed by atoms with E-state index in [0.29, 0.717) is 12.4 Å². The highest BCUT2D eigenvalue weighted by Crippen LogP contribution is 2.22. The van der Waals surface area contributed by atoms with Crippen LogP contribution in [-0.2, 0) is 6.54 Å². The summed E-state index contributed by atoms with van der Waals surface area (Å²) in [6.07, 6.45) is 0. The zero-order valence-corrected chi connectivity index (χ0v) is 12.1. The van der Waals surface area contributed by atoms with Crippen molar-refractivity contribution in [2.45, 2.75) is 39.3 Å². The summed E-state index contributed by atoms with van der Waals surface area (Å²) in [6, 6.07) is 7.92. The van der Waals surface area contributed by atoms with Crippen molar-refractivity contribution in [3.8, 4) is 0 Å². The molecule has 0 aliphatic carbocycles. The van der Waals surface area contributed by atoms with Crippen molar-refractivity contribution < 1.29 is 4.52 Å². The molecule has 0 aliphatic heterocycles. The second-order valence-corrected chi connectivity index (χ2v) is 5.23. The second kappa shape index (κ2) is 6.17. The van der Waals surface area contributed by atoms with Gasteiger partial charge in [-0.2, -0.15) is 4.98 Å². The van der Waals surface area contributed by atoms with E-state index in [1.807, 2.05) is 38.1 Å². The fourth-order valence-corrected chi connectivity index (χ4v) is 2.05. The third kappa shape index (κ3) is 3.55. The molecular formula is C14H18ClN3O. The third-order valence-corrected chi connectivity index (χ3v) is 3.28. The average molecular weight is 280 g/mol. The van der Waals surface area contributed by atoms with Gasteiger partial charge in [-0.3, -0.25) is 0 Å². The van der Waals surface area contributed by atoms with Crippen molar-refractivity contribution in [2.75, 3.05) is 0 Å². The molecule has 19 heavy (non-hydrogen) atoms. The number of halogens is 1. The van der Waals surface area contributed by atoms with E-state index in [9.17, 15) is 0 Å². The summed E-state index contributed by atoms with van der Waals surface area (Å²) in [5, 5.41) is 8.02. The van der Waals surface area contributed by atoms with Crippen LogP contribution in [0.5, 0.6) is 0 Å². The molecule has 4 nitrogen and oxygen atoms in total. The zero-order valence-electron chi connectivity index (χ0n) is 11.4. The Labute approximate surface area is 118 Å². The van der Waals surface area contributed by atoms with Gasteiger partial charge in [0.25, 0.3) is 0 Å². The predicted octanol–water partition coefficient (Wildman–Crippen LogP) is 3.70. The summed E-state index contributed by atoms with van der Waals surface area (Å²) >= 11 is 6.16. The molecule has 0 saturated heterocycles. The van der Waals surface area contributed by atoms with E-state index in [0.717, 1.165) is 16.4 Å². The van der Waals surface area contributed by atoms with Gasteiger partial charge in [-0.25, -0.2) is 0 Å². The average Bonchev–Trinajstić information content (AvgIpc) is 2.85. The maximum absolute atomic E-state index is 6.16. The molecular weight excluding hydrogens is 262 g/mol. The first-order valence-corrected chi connectivity index (χ1v) is 6.76. The Kier molecular flexibility index (Phi) is 4.56. The van der Waals surface area contributed by atoms with Crippen molar-refractivity contribution in [3.05, 3.63) is 46.6 Å². The Bertz CT molecular complexity index is 539. The molecule has 0 radical (unpaired) electrons. The number of benzene rings is 1. The number of aromatic nitrogens is 2. The molecule has 1 atom stereocenters. The fourth-order valence-electron chi connectivity index (χ4n) is 1.75. The van der Waals surface area contributed by atoms with E-state index in [1.165, 1.54) is 0 Å². The highest BCUT2D eigenvalue weighted by Gasteiger charge is 2.12. The zero-order chi connectivity index (χ0) is 13.8. The van der Waals surface area contributed by atoms with Gasteiger partial charge < -0.3 is 9.84 Å². The van der Waals surface area contributed by atoms with Gasteiger partial charge in [0.15, 0.2) is 5.82 Å². The minimum Gasteiger partial charge on any atom is -0.338 e. The molecule has 0 aliphatic rings. The molecule has 0 amide bonds. The van der Waals surface area contributed by atoms with Crippen LogP contribution >= 0.6 is 11.6 Å². The number of hydrogen-bond donors (Lipinski definition) is 1. The van der Waals surface area contributed by atoms with Gasteiger partial charge in [-0.05, 0) is 18.6 Å². The first-order valence-electron chi connectivity index (χ1n) is 6.38. The van der Waals surface area contributed by atoms with E-state index in [4.69, 9.17) is 16.1 Å². The molecule has 1 aromatic heterocycles. The molecule has 5 heteroatoms. The van der Waals surface area contributed by atoms with E-state index in [1.54, 1.807) is 0 Å². The highest BCUT2D eigenvalue weighted by atomic mass is 35.5. The maximum atomic E-state index is 6.16. The Morgan fingerprint density at radius 1 is 1.26 bits per heavy atom. The van der Waals surface area contributed by atoms with Gasteiger partial charge in [-0.15, -0.1) is 0 Å². The van der Waals surface area contributed by atoms with Gasteiger partial charge in [0, 0.05) is 17.0 Å². The van der Waals surface area contributed by atoms with Gasteiger partial charge in [-0.1, -0.05) is 48.8 Å². The molecule has 2 aromatic rings. The minimum absolute atomic E-state index is 0.128. The quantitative estimate of drug-likeness (QED) is 0.907. The largest absolute Gasteiger partial charge is 0.338 e. The van der Waals surface area contributed by atoms with Gasteiger partial charge >= 0.3 is 0 Å². The molecule has 1 aromatic carbocycles. The Morgan fingerprint density at radius 2 is 2.00 bits per heavy atom. The Balaban J connectivity index is 1.96. The van der Waals surface area contributed by atoms with Crippen molar-refractivity contribution in [1.29, 1.82) is 0 Å². The van der Waals surface area contributed by atoms with Crippen LogP contribution in [0.25, 0.3) is 0 Å². The Hall–Kier alpha value is -1.39. The van der Waals surface area contributed by atoms with Crippen LogP contribution in [0.3, 0.4) is 0 Å². The molecule has 2 rings (SSSR count).